The number of aryl methyl sites for hydroxylation is 1. The standard InChI is InChI=1S/C11H12N4O2/c1-15-9(3-5-14-15)7-13-11(17)8-2-4-12-10(16)6-8/h2-6H,7H2,1H3,(H,12,16)(H,13,17). The molecule has 0 aliphatic rings. The molecule has 2 aromatic heterocycles. The molecule has 0 aliphatic carbocycles. The molecular weight excluding hydrogens is 220 g/mol. The van der Waals surface area contributed by atoms with Gasteiger partial charge in [-0.25, -0.2) is 0 Å². The van der Waals surface area contributed by atoms with Crippen LogP contribution in [0.25, 0.3) is 0 Å². The largest absolute Gasteiger partial charge is 0.346 e. The smallest absolute Gasteiger partial charge is 0.251 e. The number of amides is 1. The molecule has 6 nitrogen and oxygen atoms in total. The summed E-state index contributed by atoms with van der Waals surface area (Å²) in [5.41, 5.74) is 0.942. The molecule has 1 amide bonds. The van der Waals surface area contributed by atoms with E-state index in [9.17, 15) is 9.59 Å². The zero-order valence-corrected chi connectivity index (χ0v) is 9.30. The van der Waals surface area contributed by atoms with E-state index in [4.69, 9.17) is 0 Å². The van der Waals surface area contributed by atoms with Crippen molar-refractivity contribution in [3.05, 3.63) is 52.2 Å². The summed E-state index contributed by atoms with van der Waals surface area (Å²) in [5, 5.41) is 6.71. The van der Waals surface area contributed by atoms with E-state index < -0.39 is 0 Å². The summed E-state index contributed by atoms with van der Waals surface area (Å²) in [6.45, 7) is 0.377. The summed E-state index contributed by atoms with van der Waals surface area (Å²) in [5.74, 6) is -0.280. The Hall–Kier alpha value is -2.37. The van der Waals surface area contributed by atoms with E-state index in [2.05, 4.69) is 15.4 Å². The van der Waals surface area contributed by atoms with Crippen LogP contribution in [0.15, 0.2) is 35.4 Å². The van der Waals surface area contributed by atoms with Crippen molar-refractivity contribution in [3.63, 3.8) is 0 Å². The third-order valence-electron chi connectivity index (χ3n) is 2.39. The fraction of sp³-hybridized carbons (Fsp3) is 0.182. The average Bonchev–Trinajstić information content (AvgIpc) is 2.72. The van der Waals surface area contributed by atoms with Crippen molar-refractivity contribution in [2.75, 3.05) is 0 Å². The van der Waals surface area contributed by atoms with Crippen molar-refractivity contribution < 1.29 is 4.79 Å². The monoisotopic (exact) mass is 232 g/mol. The van der Waals surface area contributed by atoms with Crippen LogP contribution in [0.5, 0.6) is 0 Å². The fourth-order valence-electron chi connectivity index (χ4n) is 1.43. The van der Waals surface area contributed by atoms with Crippen molar-refractivity contribution in [2.24, 2.45) is 7.05 Å². The lowest BCUT2D eigenvalue weighted by atomic mass is 10.2. The number of H-pyrrole nitrogens is 1. The molecule has 2 N–H and O–H groups in total. The summed E-state index contributed by atoms with van der Waals surface area (Å²) in [6, 6.07) is 4.64. The molecule has 6 heteroatoms. The lowest BCUT2D eigenvalue weighted by Gasteiger charge is -2.05. The van der Waals surface area contributed by atoms with E-state index in [-0.39, 0.29) is 11.5 Å². The van der Waals surface area contributed by atoms with Gasteiger partial charge >= 0.3 is 0 Å². The third kappa shape index (κ3) is 2.60. The molecule has 2 aromatic rings. The lowest BCUT2D eigenvalue weighted by molar-refractivity contribution is 0.0950. The first-order valence-electron chi connectivity index (χ1n) is 5.10. The minimum atomic E-state index is -0.293. The number of aromatic amines is 1. The van der Waals surface area contributed by atoms with E-state index in [1.165, 1.54) is 12.3 Å². The van der Waals surface area contributed by atoms with Crippen molar-refractivity contribution in [1.82, 2.24) is 20.1 Å². The highest BCUT2D eigenvalue weighted by molar-refractivity contribution is 5.93. The van der Waals surface area contributed by atoms with Gasteiger partial charge in [-0.15, -0.1) is 0 Å². The van der Waals surface area contributed by atoms with Crippen molar-refractivity contribution in [2.45, 2.75) is 6.54 Å². The van der Waals surface area contributed by atoms with Gasteiger partial charge in [-0.1, -0.05) is 0 Å². The van der Waals surface area contributed by atoms with Gasteiger partial charge in [0.15, 0.2) is 0 Å². The highest BCUT2D eigenvalue weighted by Crippen LogP contribution is 1.97. The Balaban J connectivity index is 2.03. The molecule has 0 saturated heterocycles. The van der Waals surface area contributed by atoms with Crippen molar-refractivity contribution in [3.8, 4) is 0 Å². The number of carbonyl (C=O) groups is 1. The molecule has 88 valence electrons. The highest BCUT2D eigenvalue weighted by atomic mass is 16.2. The van der Waals surface area contributed by atoms with Crippen LogP contribution in [-0.2, 0) is 13.6 Å². The van der Waals surface area contributed by atoms with Crippen LogP contribution in [0.3, 0.4) is 0 Å². The number of rotatable bonds is 3. The Kier molecular flexibility index (Phi) is 3.04. The van der Waals surface area contributed by atoms with Gasteiger partial charge in [-0.2, -0.15) is 5.10 Å². The van der Waals surface area contributed by atoms with E-state index in [1.54, 1.807) is 24.0 Å². The number of hydrogen-bond donors (Lipinski definition) is 2. The second kappa shape index (κ2) is 4.65. The van der Waals surface area contributed by atoms with Gasteiger partial charge in [0.05, 0.1) is 12.2 Å². The minimum Gasteiger partial charge on any atom is -0.346 e. The summed E-state index contributed by atoms with van der Waals surface area (Å²) >= 11 is 0. The molecule has 0 saturated carbocycles. The lowest BCUT2D eigenvalue weighted by Crippen LogP contribution is -2.25. The molecule has 0 radical (unpaired) electrons. The normalized spacial score (nSPS) is 10.2. The quantitative estimate of drug-likeness (QED) is 0.784. The van der Waals surface area contributed by atoms with Gasteiger partial charge in [-0.05, 0) is 12.1 Å². The van der Waals surface area contributed by atoms with Gasteiger partial charge in [0.25, 0.3) is 5.91 Å². The molecule has 0 aliphatic heterocycles. The molecule has 0 unspecified atom stereocenters. The second-order valence-electron chi connectivity index (χ2n) is 3.57. The van der Waals surface area contributed by atoms with E-state index in [0.717, 1.165) is 5.69 Å². The third-order valence-corrected chi connectivity index (χ3v) is 2.39. The molecule has 0 atom stereocenters. The van der Waals surface area contributed by atoms with Crippen LogP contribution in [0.2, 0.25) is 0 Å². The first-order chi connectivity index (χ1) is 8.16. The van der Waals surface area contributed by atoms with Gasteiger partial charge in [-0.3, -0.25) is 14.3 Å². The average molecular weight is 232 g/mol. The Morgan fingerprint density at radius 1 is 1.53 bits per heavy atom. The predicted octanol–water partition coefficient (Wildman–Crippen LogP) is 0.0384. The van der Waals surface area contributed by atoms with Crippen LogP contribution in [-0.4, -0.2) is 20.7 Å². The zero-order valence-electron chi connectivity index (χ0n) is 9.30. The second-order valence-corrected chi connectivity index (χ2v) is 3.57. The summed E-state index contributed by atoms with van der Waals surface area (Å²) < 4.78 is 1.68. The van der Waals surface area contributed by atoms with Crippen LogP contribution < -0.4 is 10.9 Å². The number of aromatic nitrogens is 3. The van der Waals surface area contributed by atoms with Crippen LogP contribution >= 0.6 is 0 Å². The number of carbonyl (C=O) groups excluding carboxylic acids is 1. The molecule has 2 heterocycles. The summed E-state index contributed by atoms with van der Waals surface area (Å²) in [6.07, 6.45) is 3.11. The Bertz CT molecular complexity index is 585. The molecule has 0 fully saturated rings. The SMILES string of the molecule is Cn1nccc1CNC(=O)c1cc[nH]c(=O)c1. The highest BCUT2D eigenvalue weighted by Gasteiger charge is 2.06. The Morgan fingerprint density at radius 3 is 3.00 bits per heavy atom. The maximum absolute atomic E-state index is 11.7. The zero-order chi connectivity index (χ0) is 12.3. The Morgan fingerprint density at radius 2 is 2.35 bits per heavy atom. The van der Waals surface area contributed by atoms with E-state index in [0.29, 0.717) is 12.1 Å². The number of nitrogens with one attached hydrogen (secondary N) is 2. The Labute approximate surface area is 97.3 Å². The number of nitrogens with zero attached hydrogens (tertiary/aromatic N) is 2. The summed E-state index contributed by atoms with van der Waals surface area (Å²) in [4.78, 5) is 25.2. The number of hydrogen-bond acceptors (Lipinski definition) is 3. The predicted molar refractivity (Wildman–Crippen MR) is 61.4 cm³/mol. The maximum Gasteiger partial charge on any atom is 0.251 e. The van der Waals surface area contributed by atoms with E-state index >= 15 is 0 Å². The number of pyridine rings is 1. The summed E-state index contributed by atoms with van der Waals surface area (Å²) in [7, 11) is 1.80. The van der Waals surface area contributed by atoms with Crippen LogP contribution in [0, 0.1) is 0 Å². The van der Waals surface area contributed by atoms with Gasteiger partial charge in [0, 0.05) is 31.1 Å². The van der Waals surface area contributed by atoms with Crippen LogP contribution in [0.4, 0.5) is 0 Å². The van der Waals surface area contributed by atoms with Crippen LogP contribution in [0.1, 0.15) is 16.1 Å². The molecule has 0 aromatic carbocycles. The molecule has 0 bridgehead atoms. The maximum atomic E-state index is 11.7. The van der Waals surface area contributed by atoms with Crippen molar-refractivity contribution >= 4 is 5.91 Å². The topological polar surface area (TPSA) is 79.8 Å². The minimum absolute atomic E-state index is 0.280. The molecule has 2 rings (SSSR count). The van der Waals surface area contributed by atoms with Gasteiger partial charge in [0.2, 0.25) is 5.56 Å². The van der Waals surface area contributed by atoms with Gasteiger partial charge in [0.1, 0.15) is 0 Å². The first-order valence-corrected chi connectivity index (χ1v) is 5.10. The molecule has 0 spiro atoms. The molecular formula is C11H12N4O2. The van der Waals surface area contributed by atoms with E-state index in [1.807, 2.05) is 6.07 Å². The van der Waals surface area contributed by atoms with Gasteiger partial charge < -0.3 is 10.3 Å². The molecule has 17 heavy (non-hydrogen) atoms. The fourth-order valence-corrected chi connectivity index (χ4v) is 1.43. The first kappa shape index (κ1) is 11.1. The van der Waals surface area contributed by atoms with Crippen molar-refractivity contribution in [1.29, 1.82) is 0 Å².